The van der Waals surface area contributed by atoms with Gasteiger partial charge in [0.05, 0.1) is 10.6 Å². The molecule has 0 amide bonds. The van der Waals surface area contributed by atoms with Crippen LogP contribution in [0.1, 0.15) is 20.9 Å². The number of aryl methyl sites for hydroxylation is 1. The Morgan fingerprint density at radius 2 is 1.85 bits per heavy atom. The third-order valence-electron chi connectivity index (χ3n) is 3.64. The van der Waals surface area contributed by atoms with Crippen LogP contribution in [0.25, 0.3) is 10.6 Å². The number of thiazole rings is 1. The van der Waals surface area contributed by atoms with Crippen molar-refractivity contribution in [3.63, 3.8) is 0 Å². The Labute approximate surface area is 152 Å². The molecule has 0 aliphatic rings. The first-order chi connectivity index (χ1) is 12.4. The molecule has 7 nitrogen and oxygen atoms in total. The van der Waals surface area contributed by atoms with E-state index in [0.717, 1.165) is 22.5 Å². The summed E-state index contributed by atoms with van der Waals surface area (Å²) < 4.78 is 5.67. The topological polar surface area (TPSA) is 103 Å². The zero-order valence-electron chi connectivity index (χ0n) is 13.7. The van der Waals surface area contributed by atoms with Crippen LogP contribution < -0.4 is 4.74 Å². The van der Waals surface area contributed by atoms with E-state index < -0.39 is 10.9 Å². The van der Waals surface area contributed by atoms with E-state index in [1.165, 1.54) is 12.1 Å². The van der Waals surface area contributed by atoms with Gasteiger partial charge in [-0.1, -0.05) is 0 Å². The lowest BCUT2D eigenvalue weighted by molar-refractivity contribution is -0.384. The highest BCUT2D eigenvalue weighted by molar-refractivity contribution is 7.17. The van der Waals surface area contributed by atoms with E-state index in [4.69, 9.17) is 9.84 Å². The van der Waals surface area contributed by atoms with E-state index in [-0.39, 0.29) is 17.2 Å². The number of hydrogen-bond donors (Lipinski definition) is 1. The molecule has 0 fully saturated rings. The quantitative estimate of drug-likeness (QED) is 0.512. The maximum Gasteiger partial charge on any atom is 0.347 e. The number of nitro groups is 1. The number of carboxylic acids is 1. The molecule has 3 aromatic rings. The van der Waals surface area contributed by atoms with Crippen molar-refractivity contribution in [2.45, 2.75) is 13.5 Å². The monoisotopic (exact) mass is 370 g/mol. The van der Waals surface area contributed by atoms with Crippen LogP contribution in [0.4, 0.5) is 5.69 Å². The lowest BCUT2D eigenvalue weighted by Gasteiger charge is -2.06. The van der Waals surface area contributed by atoms with E-state index >= 15 is 0 Å². The Kier molecular flexibility index (Phi) is 4.94. The fraction of sp³-hybridized carbons (Fsp3) is 0.111. The van der Waals surface area contributed by atoms with Crippen molar-refractivity contribution in [2.75, 3.05) is 0 Å². The molecule has 0 bridgehead atoms. The summed E-state index contributed by atoms with van der Waals surface area (Å²) in [5, 5.41) is 20.4. The van der Waals surface area contributed by atoms with Crippen LogP contribution >= 0.6 is 11.3 Å². The minimum Gasteiger partial charge on any atom is -0.489 e. The summed E-state index contributed by atoms with van der Waals surface area (Å²) in [6, 6.07) is 13.4. The molecule has 1 aromatic heterocycles. The number of nitrogens with zero attached hydrogens (tertiary/aromatic N) is 2. The maximum atomic E-state index is 11.1. The highest BCUT2D eigenvalue weighted by atomic mass is 32.1. The average molecular weight is 370 g/mol. The first-order valence-corrected chi connectivity index (χ1v) is 8.43. The van der Waals surface area contributed by atoms with Gasteiger partial charge in [0.2, 0.25) is 0 Å². The van der Waals surface area contributed by atoms with E-state index in [9.17, 15) is 14.9 Å². The van der Waals surface area contributed by atoms with Crippen LogP contribution in [-0.4, -0.2) is 21.0 Å². The van der Waals surface area contributed by atoms with Gasteiger partial charge in [-0.3, -0.25) is 10.1 Å². The Morgan fingerprint density at radius 1 is 1.19 bits per heavy atom. The van der Waals surface area contributed by atoms with Crippen molar-refractivity contribution in [2.24, 2.45) is 0 Å². The van der Waals surface area contributed by atoms with Gasteiger partial charge in [-0.2, -0.15) is 0 Å². The Hall–Kier alpha value is -3.26. The number of carbonyl (C=O) groups is 1. The lowest BCUT2D eigenvalue weighted by atomic mass is 10.2. The smallest absolute Gasteiger partial charge is 0.347 e. The molecule has 0 unspecified atom stereocenters. The number of carboxylic acid groups (broad SMARTS) is 1. The van der Waals surface area contributed by atoms with Crippen LogP contribution in [0, 0.1) is 17.0 Å². The van der Waals surface area contributed by atoms with Crippen molar-refractivity contribution in [1.82, 2.24) is 4.98 Å². The van der Waals surface area contributed by atoms with E-state index in [1.807, 2.05) is 12.1 Å². The van der Waals surface area contributed by atoms with Gasteiger partial charge >= 0.3 is 5.97 Å². The molecule has 2 aromatic carbocycles. The van der Waals surface area contributed by atoms with Crippen LogP contribution in [0.5, 0.6) is 5.75 Å². The molecule has 0 spiro atoms. The number of rotatable bonds is 6. The van der Waals surface area contributed by atoms with Gasteiger partial charge in [0.1, 0.15) is 22.2 Å². The van der Waals surface area contributed by atoms with Crippen LogP contribution in [0.15, 0.2) is 48.5 Å². The van der Waals surface area contributed by atoms with Gasteiger partial charge in [-0.25, -0.2) is 9.78 Å². The van der Waals surface area contributed by atoms with Crippen molar-refractivity contribution >= 4 is 23.0 Å². The minimum atomic E-state index is -0.977. The predicted octanol–water partition coefficient (Wildman–Crippen LogP) is 4.30. The fourth-order valence-corrected chi connectivity index (χ4v) is 3.20. The first-order valence-electron chi connectivity index (χ1n) is 7.61. The van der Waals surface area contributed by atoms with Crippen molar-refractivity contribution in [3.05, 3.63) is 74.8 Å². The second-order valence-electron chi connectivity index (χ2n) is 5.48. The summed E-state index contributed by atoms with van der Waals surface area (Å²) in [4.78, 5) is 25.8. The summed E-state index contributed by atoms with van der Waals surface area (Å²) in [5.74, 6) is -0.340. The highest BCUT2D eigenvalue weighted by Crippen LogP contribution is 2.29. The van der Waals surface area contributed by atoms with Crippen molar-refractivity contribution in [1.29, 1.82) is 0 Å². The molecular formula is C18H14N2O5S. The number of hydrogen-bond acceptors (Lipinski definition) is 6. The number of ether oxygens (including phenoxy) is 1. The van der Waals surface area contributed by atoms with E-state index in [1.54, 1.807) is 31.2 Å². The molecule has 0 aliphatic carbocycles. The Morgan fingerprint density at radius 3 is 2.38 bits per heavy atom. The second kappa shape index (κ2) is 7.32. The first kappa shape index (κ1) is 17.6. The Balaban J connectivity index is 1.67. The summed E-state index contributed by atoms with van der Waals surface area (Å²) in [5.41, 5.74) is 2.17. The second-order valence-corrected chi connectivity index (χ2v) is 6.47. The van der Waals surface area contributed by atoms with Gasteiger partial charge in [0.25, 0.3) is 5.69 Å². The summed E-state index contributed by atoms with van der Waals surface area (Å²) in [7, 11) is 0. The van der Waals surface area contributed by atoms with Crippen LogP contribution in [0.2, 0.25) is 0 Å². The number of benzene rings is 2. The zero-order valence-corrected chi connectivity index (χ0v) is 14.5. The standard InChI is InChI=1S/C18H14N2O5S/c1-11-16(18(21)22)26-17(19-11)13-4-8-15(9-5-13)25-10-12-2-6-14(7-3-12)20(23)24/h2-9H,10H2,1H3,(H,21,22). The normalized spacial score (nSPS) is 10.5. The number of aromatic carboxylic acids is 1. The van der Waals surface area contributed by atoms with Gasteiger partial charge in [-0.15, -0.1) is 11.3 Å². The average Bonchev–Trinajstić information content (AvgIpc) is 3.03. The van der Waals surface area contributed by atoms with Crippen molar-refractivity contribution in [3.8, 4) is 16.3 Å². The van der Waals surface area contributed by atoms with Crippen LogP contribution in [-0.2, 0) is 6.61 Å². The van der Waals surface area contributed by atoms with Crippen LogP contribution in [0.3, 0.4) is 0 Å². The SMILES string of the molecule is Cc1nc(-c2ccc(OCc3ccc([N+](=O)[O-])cc3)cc2)sc1C(=O)O. The molecule has 1 N–H and O–H groups in total. The zero-order chi connectivity index (χ0) is 18.7. The predicted molar refractivity (Wildman–Crippen MR) is 96.7 cm³/mol. The molecule has 3 rings (SSSR count). The van der Waals surface area contributed by atoms with Gasteiger partial charge < -0.3 is 9.84 Å². The summed E-state index contributed by atoms with van der Waals surface area (Å²) in [6.45, 7) is 1.96. The third kappa shape index (κ3) is 3.86. The summed E-state index contributed by atoms with van der Waals surface area (Å²) in [6.07, 6.45) is 0. The third-order valence-corrected chi connectivity index (χ3v) is 4.84. The molecule has 132 valence electrons. The van der Waals surface area contributed by atoms with Gasteiger partial charge in [0, 0.05) is 17.7 Å². The Bertz CT molecular complexity index is 949. The maximum absolute atomic E-state index is 11.1. The molecule has 26 heavy (non-hydrogen) atoms. The molecule has 0 saturated carbocycles. The highest BCUT2D eigenvalue weighted by Gasteiger charge is 2.15. The molecule has 1 heterocycles. The lowest BCUT2D eigenvalue weighted by Crippen LogP contribution is -1.96. The fourth-order valence-electron chi connectivity index (χ4n) is 2.29. The number of aromatic nitrogens is 1. The summed E-state index contributed by atoms with van der Waals surface area (Å²) >= 11 is 1.13. The molecule has 0 saturated heterocycles. The molecular weight excluding hydrogens is 356 g/mol. The minimum absolute atomic E-state index is 0.0394. The van der Waals surface area contributed by atoms with Gasteiger partial charge in [-0.05, 0) is 48.9 Å². The molecule has 0 radical (unpaired) electrons. The van der Waals surface area contributed by atoms with Crippen molar-refractivity contribution < 1.29 is 19.6 Å². The van der Waals surface area contributed by atoms with E-state index in [2.05, 4.69) is 4.98 Å². The van der Waals surface area contributed by atoms with Gasteiger partial charge in [0.15, 0.2) is 0 Å². The molecule has 8 heteroatoms. The molecule has 0 aliphatic heterocycles. The number of nitro benzene ring substituents is 1. The van der Waals surface area contributed by atoms with E-state index in [0.29, 0.717) is 16.5 Å². The number of non-ortho nitro benzene ring substituents is 1. The molecule has 0 atom stereocenters. The largest absolute Gasteiger partial charge is 0.489 e.